The first-order valence-electron chi connectivity index (χ1n) is 12.3. The van der Waals surface area contributed by atoms with E-state index in [9.17, 15) is 9.18 Å². The van der Waals surface area contributed by atoms with Gasteiger partial charge in [-0.05, 0) is 23.7 Å². The first-order chi connectivity index (χ1) is 18.2. The van der Waals surface area contributed by atoms with Gasteiger partial charge in [-0.3, -0.25) is 4.79 Å². The molecule has 194 valence electrons. The number of oxazole rings is 1. The molecule has 0 spiro atoms. The number of aromatic nitrogens is 3. The average Bonchev–Trinajstić information content (AvgIpc) is 3.55. The van der Waals surface area contributed by atoms with Crippen molar-refractivity contribution in [2.24, 2.45) is 0 Å². The van der Waals surface area contributed by atoms with E-state index in [0.29, 0.717) is 50.5 Å². The number of halogens is 2. The number of rotatable bonds is 9. The Morgan fingerprint density at radius 3 is 2.63 bits per heavy atom. The molecule has 5 aromatic rings. The van der Waals surface area contributed by atoms with Gasteiger partial charge in [-0.2, -0.15) is 0 Å². The molecule has 0 saturated carbocycles. The molecule has 0 saturated heterocycles. The molecule has 0 aliphatic rings. The molecule has 0 amide bonds. The van der Waals surface area contributed by atoms with Crippen molar-refractivity contribution in [3.05, 3.63) is 95.7 Å². The topological polar surface area (TPSA) is 70.2 Å². The first kappa shape index (κ1) is 26.0. The SMILES string of the molecule is C[Si](C)(C)CCOCn1cc(-c2ccccc2F)c2c(Cl)c(-c3cccc(C(=O)c4ncco4)c3)cnc21. The van der Waals surface area contributed by atoms with Crippen LogP contribution in [-0.4, -0.2) is 35.0 Å². The predicted molar refractivity (Wildman–Crippen MR) is 150 cm³/mol. The molecule has 0 unspecified atom stereocenters. The molecule has 2 aromatic carbocycles. The Morgan fingerprint density at radius 1 is 1.08 bits per heavy atom. The van der Waals surface area contributed by atoms with Gasteiger partial charge in [-0.15, -0.1) is 0 Å². The smallest absolute Gasteiger partial charge is 0.268 e. The molecule has 0 atom stereocenters. The molecule has 0 aliphatic heterocycles. The Morgan fingerprint density at radius 2 is 1.89 bits per heavy atom. The Bertz CT molecular complexity index is 1610. The van der Waals surface area contributed by atoms with Crippen LogP contribution >= 0.6 is 11.6 Å². The number of hydrogen-bond donors (Lipinski definition) is 0. The van der Waals surface area contributed by atoms with Gasteiger partial charge in [0, 0.05) is 54.7 Å². The van der Waals surface area contributed by atoms with Gasteiger partial charge >= 0.3 is 0 Å². The lowest BCUT2D eigenvalue weighted by molar-refractivity contribution is 0.0899. The van der Waals surface area contributed by atoms with E-state index in [1.165, 1.54) is 18.5 Å². The van der Waals surface area contributed by atoms with Crippen molar-refractivity contribution in [2.75, 3.05) is 6.61 Å². The lowest BCUT2D eigenvalue weighted by atomic mass is 9.99. The number of benzene rings is 2. The zero-order chi connectivity index (χ0) is 26.9. The van der Waals surface area contributed by atoms with Crippen LogP contribution < -0.4 is 0 Å². The largest absolute Gasteiger partial charge is 0.442 e. The van der Waals surface area contributed by atoms with Crippen LogP contribution in [0.2, 0.25) is 30.7 Å². The summed E-state index contributed by atoms with van der Waals surface area (Å²) < 4.78 is 27.9. The summed E-state index contributed by atoms with van der Waals surface area (Å²) in [5.41, 5.74) is 3.36. The minimum Gasteiger partial charge on any atom is -0.442 e. The summed E-state index contributed by atoms with van der Waals surface area (Å²) >= 11 is 7.02. The summed E-state index contributed by atoms with van der Waals surface area (Å²) in [6, 6.07) is 14.6. The van der Waals surface area contributed by atoms with Gasteiger partial charge in [0.05, 0.1) is 11.2 Å². The molecule has 9 heteroatoms. The van der Waals surface area contributed by atoms with E-state index in [-0.39, 0.29) is 24.2 Å². The summed E-state index contributed by atoms with van der Waals surface area (Å²) in [6.07, 6.45) is 6.29. The van der Waals surface area contributed by atoms with Crippen LogP contribution in [-0.2, 0) is 11.5 Å². The van der Waals surface area contributed by atoms with Gasteiger partial charge in [0.2, 0.25) is 5.78 Å². The molecule has 0 radical (unpaired) electrons. The number of carbonyl (C=O) groups is 1. The second-order valence-corrected chi connectivity index (χ2v) is 16.3. The van der Waals surface area contributed by atoms with Crippen molar-refractivity contribution in [3.8, 4) is 22.3 Å². The minimum absolute atomic E-state index is 0.00914. The van der Waals surface area contributed by atoms with Gasteiger partial charge in [0.25, 0.3) is 5.89 Å². The molecule has 5 rings (SSSR count). The lowest BCUT2D eigenvalue weighted by Crippen LogP contribution is -2.22. The Hall–Kier alpha value is -3.59. The van der Waals surface area contributed by atoms with E-state index in [1.807, 2.05) is 16.8 Å². The predicted octanol–water partition coefficient (Wildman–Crippen LogP) is 7.69. The zero-order valence-electron chi connectivity index (χ0n) is 21.4. The first-order valence-corrected chi connectivity index (χ1v) is 16.4. The molecule has 3 heterocycles. The van der Waals surface area contributed by atoms with E-state index < -0.39 is 8.07 Å². The van der Waals surface area contributed by atoms with Crippen molar-refractivity contribution in [1.29, 1.82) is 0 Å². The van der Waals surface area contributed by atoms with E-state index in [1.54, 1.807) is 42.6 Å². The fourth-order valence-corrected chi connectivity index (χ4v) is 5.33. The van der Waals surface area contributed by atoms with E-state index >= 15 is 0 Å². The van der Waals surface area contributed by atoms with Crippen molar-refractivity contribution in [3.63, 3.8) is 0 Å². The summed E-state index contributed by atoms with van der Waals surface area (Å²) in [5, 5.41) is 1.03. The number of ether oxygens (including phenoxy) is 1. The Balaban J connectivity index is 1.58. The van der Waals surface area contributed by atoms with E-state index in [0.717, 1.165) is 6.04 Å². The Kier molecular flexibility index (Phi) is 7.29. The molecule has 0 bridgehead atoms. The van der Waals surface area contributed by atoms with Crippen molar-refractivity contribution < 1.29 is 18.3 Å². The van der Waals surface area contributed by atoms with Crippen LogP contribution in [0.1, 0.15) is 16.2 Å². The van der Waals surface area contributed by atoms with Crippen LogP contribution in [0.3, 0.4) is 0 Å². The van der Waals surface area contributed by atoms with Crippen LogP contribution in [0.5, 0.6) is 0 Å². The molecule has 38 heavy (non-hydrogen) atoms. The third-order valence-corrected chi connectivity index (χ3v) is 8.37. The van der Waals surface area contributed by atoms with E-state index in [4.69, 9.17) is 25.7 Å². The van der Waals surface area contributed by atoms with Crippen LogP contribution in [0.25, 0.3) is 33.3 Å². The standard InChI is InChI=1S/C29H27ClFN3O3Si/c1-38(2,3)14-13-36-18-34-17-23(21-9-4-5-10-24(21)31)25-26(30)22(16-33-28(25)34)19-7-6-8-20(15-19)27(35)29-32-11-12-37-29/h4-12,15-17H,13-14,18H2,1-3H3. The highest BCUT2D eigenvalue weighted by Gasteiger charge is 2.21. The Labute approximate surface area is 226 Å². The fraction of sp³-hybridized carbons (Fsp3) is 0.207. The summed E-state index contributed by atoms with van der Waals surface area (Å²) in [6.45, 7) is 7.82. The van der Waals surface area contributed by atoms with Gasteiger partial charge < -0.3 is 13.7 Å². The van der Waals surface area contributed by atoms with Crippen LogP contribution in [0.15, 0.2) is 77.8 Å². The van der Waals surface area contributed by atoms with Gasteiger partial charge in [-0.25, -0.2) is 14.4 Å². The van der Waals surface area contributed by atoms with Crippen molar-refractivity contribution in [1.82, 2.24) is 14.5 Å². The second kappa shape index (κ2) is 10.6. The number of pyridine rings is 1. The fourth-order valence-electron chi connectivity index (χ4n) is 4.23. The highest BCUT2D eigenvalue weighted by Crippen LogP contribution is 2.40. The lowest BCUT2D eigenvalue weighted by Gasteiger charge is -2.15. The van der Waals surface area contributed by atoms with Crippen molar-refractivity contribution >= 4 is 36.5 Å². The number of fused-ring (bicyclic) bond motifs is 1. The minimum atomic E-state index is -1.24. The summed E-state index contributed by atoms with van der Waals surface area (Å²) in [5.74, 6) is -0.684. The highest BCUT2D eigenvalue weighted by molar-refractivity contribution is 6.76. The maximum atomic E-state index is 14.9. The number of carbonyl (C=O) groups excluding carboxylic acids is 1. The third-order valence-electron chi connectivity index (χ3n) is 6.27. The average molecular weight is 548 g/mol. The zero-order valence-corrected chi connectivity index (χ0v) is 23.1. The van der Waals surface area contributed by atoms with Gasteiger partial charge in [-0.1, -0.05) is 67.6 Å². The van der Waals surface area contributed by atoms with Gasteiger partial charge in [0.15, 0.2) is 0 Å². The molecular weight excluding hydrogens is 521 g/mol. The van der Waals surface area contributed by atoms with Crippen LogP contribution in [0, 0.1) is 5.82 Å². The number of hydrogen-bond acceptors (Lipinski definition) is 5. The molecule has 6 nitrogen and oxygen atoms in total. The normalized spacial score (nSPS) is 11.8. The molecule has 0 fully saturated rings. The van der Waals surface area contributed by atoms with Crippen LogP contribution in [0.4, 0.5) is 4.39 Å². The maximum absolute atomic E-state index is 14.9. The third kappa shape index (κ3) is 5.33. The molecular formula is C29H27ClFN3O3Si. The quantitative estimate of drug-likeness (QED) is 0.107. The molecule has 3 aromatic heterocycles. The number of nitrogens with zero attached hydrogens (tertiary/aromatic N) is 3. The van der Waals surface area contributed by atoms with Gasteiger partial charge in [0.1, 0.15) is 24.5 Å². The monoisotopic (exact) mass is 547 g/mol. The second-order valence-electron chi connectivity index (χ2n) is 10.3. The summed E-state index contributed by atoms with van der Waals surface area (Å²) in [4.78, 5) is 21.5. The maximum Gasteiger partial charge on any atom is 0.268 e. The molecule has 0 N–H and O–H groups in total. The van der Waals surface area contributed by atoms with Crippen molar-refractivity contribution in [2.45, 2.75) is 32.4 Å². The highest BCUT2D eigenvalue weighted by atomic mass is 35.5. The number of ketones is 1. The molecule has 0 aliphatic carbocycles. The van der Waals surface area contributed by atoms with E-state index in [2.05, 4.69) is 24.6 Å². The summed E-state index contributed by atoms with van der Waals surface area (Å²) in [7, 11) is -1.24.